The molecule has 102 valence electrons. The fourth-order valence-corrected chi connectivity index (χ4v) is 1.72. The van der Waals surface area contributed by atoms with Crippen molar-refractivity contribution in [2.75, 3.05) is 7.11 Å². The molecule has 2 unspecified atom stereocenters. The van der Waals surface area contributed by atoms with Gasteiger partial charge < -0.3 is 14.6 Å². The third-order valence-electron chi connectivity index (χ3n) is 2.89. The Kier molecular flexibility index (Phi) is 6.16. The molecule has 0 fully saturated rings. The van der Waals surface area contributed by atoms with E-state index in [0.717, 1.165) is 17.7 Å². The molecule has 1 aromatic rings. The molecule has 0 saturated carbocycles. The van der Waals surface area contributed by atoms with Gasteiger partial charge in [-0.05, 0) is 51.3 Å². The zero-order chi connectivity index (χ0) is 13.5. The van der Waals surface area contributed by atoms with Gasteiger partial charge in [0.1, 0.15) is 5.75 Å². The van der Waals surface area contributed by atoms with E-state index in [1.165, 1.54) is 0 Å². The zero-order valence-corrected chi connectivity index (χ0v) is 11.7. The highest BCUT2D eigenvalue weighted by Gasteiger charge is 2.10. The van der Waals surface area contributed by atoms with Crippen LogP contribution in [0.25, 0.3) is 0 Å². The van der Waals surface area contributed by atoms with E-state index in [1.807, 2.05) is 45.0 Å². The molecule has 18 heavy (non-hydrogen) atoms. The highest BCUT2D eigenvalue weighted by molar-refractivity contribution is 5.28. The number of aliphatic hydroxyl groups is 1. The maximum absolute atomic E-state index is 10.0. The third kappa shape index (κ3) is 5.07. The Morgan fingerprint density at radius 2 is 1.67 bits per heavy atom. The normalized spacial score (nSPS) is 14.6. The molecule has 2 atom stereocenters. The summed E-state index contributed by atoms with van der Waals surface area (Å²) in [7, 11) is 1.69. The van der Waals surface area contributed by atoms with Crippen molar-refractivity contribution in [2.24, 2.45) is 0 Å². The fourth-order valence-electron chi connectivity index (χ4n) is 1.72. The first-order valence-electron chi connectivity index (χ1n) is 6.50. The first kappa shape index (κ1) is 15.0. The van der Waals surface area contributed by atoms with Gasteiger partial charge in [0, 0.05) is 7.11 Å². The fraction of sp³-hybridized carbons (Fsp3) is 0.600. The molecule has 0 radical (unpaired) electrons. The molecule has 0 heterocycles. The Balaban J connectivity index is 2.50. The molecule has 1 aromatic carbocycles. The molecule has 0 aliphatic rings. The smallest absolute Gasteiger partial charge is 0.119 e. The summed E-state index contributed by atoms with van der Waals surface area (Å²) < 4.78 is 10.7. The Hall–Kier alpha value is -1.06. The summed E-state index contributed by atoms with van der Waals surface area (Å²) in [4.78, 5) is 0. The van der Waals surface area contributed by atoms with Crippen LogP contribution in [0.3, 0.4) is 0 Å². The Bertz CT molecular complexity index is 332. The van der Waals surface area contributed by atoms with Crippen molar-refractivity contribution in [2.45, 2.75) is 51.9 Å². The van der Waals surface area contributed by atoms with E-state index in [-0.39, 0.29) is 12.2 Å². The Labute approximate surface area is 110 Å². The minimum atomic E-state index is -0.435. The van der Waals surface area contributed by atoms with Crippen LogP contribution in [0.15, 0.2) is 24.3 Å². The van der Waals surface area contributed by atoms with Crippen LogP contribution in [0.2, 0.25) is 0 Å². The number of hydrogen-bond acceptors (Lipinski definition) is 3. The molecule has 0 saturated heterocycles. The number of aliphatic hydroxyl groups excluding tert-OH is 1. The van der Waals surface area contributed by atoms with Crippen molar-refractivity contribution in [1.29, 1.82) is 0 Å². The van der Waals surface area contributed by atoms with E-state index in [0.29, 0.717) is 6.42 Å². The summed E-state index contributed by atoms with van der Waals surface area (Å²) >= 11 is 0. The first-order valence-corrected chi connectivity index (χ1v) is 6.50. The van der Waals surface area contributed by atoms with Gasteiger partial charge in [-0.1, -0.05) is 12.1 Å². The second kappa shape index (κ2) is 7.39. The monoisotopic (exact) mass is 252 g/mol. The van der Waals surface area contributed by atoms with Gasteiger partial charge in [0.2, 0.25) is 0 Å². The minimum absolute atomic E-state index is 0.170. The lowest BCUT2D eigenvalue weighted by Crippen LogP contribution is -2.08. The standard InChI is InChI=1S/C15H24O3/c1-11(2)18-14-8-6-13(7-9-14)15(16)10-5-12(3)17-4/h6-9,11-12,15-16H,5,10H2,1-4H3. The van der Waals surface area contributed by atoms with Crippen molar-refractivity contribution in [3.8, 4) is 5.75 Å². The number of hydrogen-bond donors (Lipinski definition) is 1. The van der Waals surface area contributed by atoms with Gasteiger partial charge in [-0.25, -0.2) is 0 Å². The quantitative estimate of drug-likeness (QED) is 0.809. The molecular formula is C15H24O3. The lowest BCUT2D eigenvalue weighted by atomic mass is 10.0. The summed E-state index contributed by atoms with van der Waals surface area (Å²) in [6.07, 6.45) is 1.48. The van der Waals surface area contributed by atoms with Crippen LogP contribution in [-0.4, -0.2) is 24.4 Å². The van der Waals surface area contributed by atoms with Gasteiger partial charge in [-0.15, -0.1) is 0 Å². The predicted molar refractivity (Wildman–Crippen MR) is 72.9 cm³/mol. The van der Waals surface area contributed by atoms with Crippen molar-refractivity contribution in [3.63, 3.8) is 0 Å². The van der Waals surface area contributed by atoms with E-state index >= 15 is 0 Å². The summed E-state index contributed by atoms with van der Waals surface area (Å²) in [6, 6.07) is 7.64. The first-order chi connectivity index (χ1) is 8.52. The second-order valence-corrected chi connectivity index (χ2v) is 4.88. The van der Waals surface area contributed by atoms with Gasteiger partial charge in [-0.3, -0.25) is 0 Å². The summed E-state index contributed by atoms with van der Waals surface area (Å²) in [5.41, 5.74) is 0.925. The lowest BCUT2D eigenvalue weighted by Gasteiger charge is -2.15. The second-order valence-electron chi connectivity index (χ2n) is 4.88. The molecule has 0 aromatic heterocycles. The number of rotatable bonds is 7. The van der Waals surface area contributed by atoms with Crippen molar-refractivity contribution < 1.29 is 14.6 Å². The van der Waals surface area contributed by atoms with Crippen LogP contribution in [0.5, 0.6) is 5.75 Å². The highest BCUT2D eigenvalue weighted by atomic mass is 16.5. The molecule has 0 bridgehead atoms. The van der Waals surface area contributed by atoms with Crippen LogP contribution >= 0.6 is 0 Å². The van der Waals surface area contributed by atoms with E-state index in [9.17, 15) is 5.11 Å². The maximum Gasteiger partial charge on any atom is 0.119 e. The topological polar surface area (TPSA) is 38.7 Å². The van der Waals surface area contributed by atoms with Crippen LogP contribution in [0, 0.1) is 0 Å². The van der Waals surface area contributed by atoms with Crippen molar-refractivity contribution >= 4 is 0 Å². The van der Waals surface area contributed by atoms with Crippen LogP contribution in [0.4, 0.5) is 0 Å². The molecule has 1 rings (SSSR count). The molecule has 0 aliphatic carbocycles. The summed E-state index contributed by atoms with van der Waals surface area (Å²) in [6.45, 7) is 6.00. The van der Waals surface area contributed by atoms with Gasteiger partial charge in [-0.2, -0.15) is 0 Å². The van der Waals surface area contributed by atoms with Crippen molar-refractivity contribution in [1.82, 2.24) is 0 Å². The Morgan fingerprint density at radius 3 is 2.17 bits per heavy atom. The van der Waals surface area contributed by atoms with Gasteiger partial charge in [0.05, 0.1) is 18.3 Å². The van der Waals surface area contributed by atoms with Crippen LogP contribution in [-0.2, 0) is 4.74 Å². The molecule has 0 amide bonds. The molecule has 1 N–H and O–H groups in total. The van der Waals surface area contributed by atoms with Crippen LogP contribution in [0.1, 0.15) is 45.3 Å². The summed E-state index contributed by atoms with van der Waals surface area (Å²) in [5, 5.41) is 10.0. The lowest BCUT2D eigenvalue weighted by molar-refractivity contribution is 0.0851. The summed E-state index contributed by atoms with van der Waals surface area (Å²) in [5.74, 6) is 0.839. The van der Waals surface area contributed by atoms with E-state index in [4.69, 9.17) is 9.47 Å². The molecule has 3 heteroatoms. The zero-order valence-electron chi connectivity index (χ0n) is 11.7. The minimum Gasteiger partial charge on any atom is -0.491 e. The number of ether oxygens (including phenoxy) is 2. The van der Waals surface area contributed by atoms with Gasteiger partial charge >= 0.3 is 0 Å². The predicted octanol–water partition coefficient (Wildman–Crippen LogP) is 3.32. The van der Waals surface area contributed by atoms with E-state index < -0.39 is 6.10 Å². The van der Waals surface area contributed by atoms with E-state index in [2.05, 4.69) is 0 Å². The van der Waals surface area contributed by atoms with Gasteiger partial charge in [0.25, 0.3) is 0 Å². The van der Waals surface area contributed by atoms with Crippen molar-refractivity contribution in [3.05, 3.63) is 29.8 Å². The number of benzene rings is 1. The maximum atomic E-state index is 10.0. The average molecular weight is 252 g/mol. The molecule has 0 aliphatic heterocycles. The van der Waals surface area contributed by atoms with E-state index in [1.54, 1.807) is 7.11 Å². The number of methoxy groups -OCH3 is 1. The molecule has 3 nitrogen and oxygen atoms in total. The average Bonchev–Trinajstić information content (AvgIpc) is 2.35. The van der Waals surface area contributed by atoms with Gasteiger partial charge in [0.15, 0.2) is 0 Å². The highest BCUT2D eigenvalue weighted by Crippen LogP contribution is 2.22. The van der Waals surface area contributed by atoms with Crippen LogP contribution < -0.4 is 4.74 Å². The SMILES string of the molecule is COC(C)CCC(O)c1ccc(OC(C)C)cc1. The largest absolute Gasteiger partial charge is 0.491 e. The molecular weight excluding hydrogens is 228 g/mol. The molecule has 0 spiro atoms. The third-order valence-corrected chi connectivity index (χ3v) is 2.89. The Morgan fingerprint density at radius 1 is 1.06 bits per heavy atom.